The largest absolute Gasteiger partial charge is 0.396 e. The number of nitrogens with zero attached hydrogens (tertiary/aromatic N) is 1. The fourth-order valence-electron chi connectivity index (χ4n) is 3.13. The molecule has 0 saturated carbocycles. The van der Waals surface area contributed by atoms with E-state index in [1.165, 1.54) is 12.1 Å². The molecule has 1 heterocycles. The van der Waals surface area contributed by atoms with E-state index in [2.05, 4.69) is 20.6 Å². The van der Waals surface area contributed by atoms with Crippen molar-refractivity contribution in [3.63, 3.8) is 0 Å². The van der Waals surface area contributed by atoms with E-state index >= 15 is 0 Å². The van der Waals surface area contributed by atoms with Crippen LogP contribution < -0.4 is 10.6 Å². The number of nitrogens with one attached hydrogen (secondary N) is 3. The molecule has 0 spiro atoms. The molecule has 0 saturated heterocycles. The number of aromatic nitrogens is 1. The lowest BCUT2D eigenvalue weighted by Gasteiger charge is -2.18. The lowest BCUT2D eigenvalue weighted by Crippen LogP contribution is -2.40. The minimum atomic E-state index is -0.240. The van der Waals surface area contributed by atoms with Crippen LogP contribution in [-0.4, -0.2) is 42.8 Å². The molecular formula is C21H26FIN4O. The third kappa shape index (κ3) is 5.68. The highest BCUT2D eigenvalue weighted by Gasteiger charge is 2.11. The second kappa shape index (κ2) is 11.0. The van der Waals surface area contributed by atoms with E-state index in [9.17, 15) is 9.50 Å². The second-order valence-electron chi connectivity index (χ2n) is 6.42. The number of benzene rings is 2. The molecule has 1 atom stereocenters. The number of aliphatic hydroxyl groups excluding tert-OH is 1. The van der Waals surface area contributed by atoms with Crippen molar-refractivity contribution in [1.29, 1.82) is 0 Å². The Labute approximate surface area is 181 Å². The summed E-state index contributed by atoms with van der Waals surface area (Å²) in [6.45, 7) is 1.35. The highest BCUT2D eigenvalue weighted by Crippen LogP contribution is 2.19. The van der Waals surface area contributed by atoms with Crippen LogP contribution in [0.3, 0.4) is 0 Å². The summed E-state index contributed by atoms with van der Waals surface area (Å²) in [6.07, 6.45) is 2.70. The third-order valence-corrected chi connectivity index (χ3v) is 4.65. The van der Waals surface area contributed by atoms with Gasteiger partial charge >= 0.3 is 0 Å². The Kier molecular flexibility index (Phi) is 8.72. The molecule has 0 aliphatic heterocycles. The molecule has 3 rings (SSSR count). The normalized spacial score (nSPS) is 12.5. The number of hydrogen-bond acceptors (Lipinski definition) is 2. The van der Waals surface area contributed by atoms with Crippen molar-refractivity contribution >= 4 is 40.8 Å². The van der Waals surface area contributed by atoms with Crippen LogP contribution in [0.15, 0.2) is 59.7 Å². The van der Waals surface area contributed by atoms with Gasteiger partial charge < -0.3 is 20.7 Å². The van der Waals surface area contributed by atoms with Crippen molar-refractivity contribution in [3.05, 3.63) is 71.7 Å². The molecule has 0 amide bonds. The molecular weight excluding hydrogens is 470 g/mol. The maximum absolute atomic E-state index is 13.3. The molecule has 0 aliphatic rings. The van der Waals surface area contributed by atoms with Crippen LogP contribution in [0.1, 0.15) is 17.0 Å². The van der Waals surface area contributed by atoms with Crippen LogP contribution >= 0.6 is 24.0 Å². The van der Waals surface area contributed by atoms with Gasteiger partial charge in [0.1, 0.15) is 5.82 Å². The van der Waals surface area contributed by atoms with Crippen molar-refractivity contribution in [1.82, 2.24) is 15.6 Å². The smallest absolute Gasteiger partial charge is 0.191 e. The first-order chi connectivity index (χ1) is 13.2. The van der Waals surface area contributed by atoms with Gasteiger partial charge in [-0.1, -0.05) is 30.3 Å². The molecule has 3 aromatic rings. The van der Waals surface area contributed by atoms with Gasteiger partial charge in [-0.15, -0.1) is 24.0 Å². The van der Waals surface area contributed by atoms with E-state index < -0.39 is 0 Å². The molecule has 7 heteroatoms. The number of hydrogen-bond donors (Lipinski definition) is 4. The number of halogens is 2. The second-order valence-corrected chi connectivity index (χ2v) is 6.42. The molecule has 1 unspecified atom stereocenters. The maximum atomic E-state index is 13.3. The van der Waals surface area contributed by atoms with Crippen LogP contribution in [0.2, 0.25) is 0 Å². The Bertz CT molecular complexity index is 898. The van der Waals surface area contributed by atoms with Crippen molar-refractivity contribution in [3.8, 4) is 0 Å². The standard InChI is InChI=1S/C21H25FN4O.HI/c1-23-21(26-13-17(14-27)15-5-3-2-4-6-15)24-10-9-16-12-25-20-11-18(22)7-8-19(16)20;/h2-8,11-12,17,25,27H,9-10,13-14H2,1H3,(H2,23,24,26);1H. The number of aliphatic imine (C=N–C) groups is 1. The fourth-order valence-corrected chi connectivity index (χ4v) is 3.13. The summed E-state index contributed by atoms with van der Waals surface area (Å²) in [5.41, 5.74) is 3.03. The van der Waals surface area contributed by atoms with E-state index in [0.717, 1.165) is 28.5 Å². The van der Waals surface area contributed by atoms with Gasteiger partial charge in [-0.2, -0.15) is 0 Å². The summed E-state index contributed by atoms with van der Waals surface area (Å²) in [7, 11) is 1.72. The number of aliphatic hydroxyl groups is 1. The van der Waals surface area contributed by atoms with E-state index in [4.69, 9.17) is 0 Å². The maximum Gasteiger partial charge on any atom is 0.191 e. The molecule has 28 heavy (non-hydrogen) atoms. The van der Waals surface area contributed by atoms with Crippen molar-refractivity contribution in [2.24, 2.45) is 4.99 Å². The topological polar surface area (TPSA) is 72.4 Å². The zero-order chi connectivity index (χ0) is 19.1. The molecule has 5 nitrogen and oxygen atoms in total. The summed E-state index contributed by atoms with van der Waals surface area (Å²) in [5, 5.41) is 17.2. The summed E-state index contributed by atoms with van der Waals surface area (Å²) in [6, 6.07) is 14.7. The summed E-state index contributed by atoms with van der Waals surface area (Å²) >= 11 is 0. The quantitative estimate of drug-likeness (QED) is 0.230. The first kappa shape index (κ1) is 22.2. The van der Waals surface area contributed by atoms with Crippen molar-refractivity contribution in [2.45, 2.75) is 12.3 Å². The van der Waals surface area contributed by atoms with Crippen molar-refractivity contribution < 1.29 is 9.50 Å². The molecule has 1 aromatic heterocycles. The average Bonchev–Trinajstić information content (AvgIpc) is 3.09. The number of aromatic amines is 1. The van der Waals surface area contributed by atoms with Crippen LogP contribution in [0.25, 0.3) is 10.9 Å². The number of H-pyrrole nitrogens is 1. The molecule has 150 valence electrons. The lowest BCUT2D eigenvalue weighted by molar-refractivity contribution is 0.265. The Hall–Kier alpha value is -2.13. The zero-order valence-corrected chi connectivity index (χ0v) is 18.1. The van der Waals surface area contributed by atoms with Crippen LogP contribution in [0.5, 0.6) is 0 Å². The number of rotatable bonds is 7. The van der Waals surface area contributed by atoms with Gasteiger partial charge in [0.15, 0.2) is 5.96 Å². The first-order valence-electron chi connectivity index (χ1n) is 9.07. The van der Waals surface area contributed by atoms with Gasteiger partial charge in [-0.25, -0.2) is 4.39 Å². The van der Waals surface area contributed by atoms with Gasteiger partial charge in [0.05, 0.1) is 6.61 Å². The molecule has 0 aliphatic carbocycles. The van der Waals surface area contributed by atoms with Crippen LogP contribution in [0, 0.1) is 5.82 Å². The highest BCUT2D eigenvalue weighted by molar-refractivity contribution is 14.0. The number of guanidine groups is 1. The van der Waals surface area contributed by atoms with Gasteiger partial charge in [-0.05, 0) is 35.7 Å². The summed E-state index contributed by atoms with van der Waals surface area (Å²) in [5.74, 6) is 0.457. The third-order valence-electron chi connectivity index (χ3n) is 4.65. The zero-order valence-electron chi connectivity index (χ0n) is 15.8. The Balaban J connectivity index is 0.00000280. The molecule has 2 aromatic carbocycles. The Morgan fingerprint density at radius 1 is 1.18 bits per heavy atom. The SMILES string of the molecule is CN=C(NCCc1c[nH]c2cc(F)ccc12)NCC(CO)c1ccccc1.I. The number of fused-ring (bicyclic) bond motifs is 1. The fraction of sp³-hybridized carbons (Fsp3) is 0.286. The minimum Gasteiger partial charge on any atom is -0.396 e. The Morgan fingerprint density at radius 3 is 2.68 bits per heavy atom. The van der Waals surface area contributed by atoms with Gasteiger partial charge in [0.25, 0.3) is 0 Å². The van der Waals surface area contributed by atoms with Gasteiger partial charge in [0.2, 0.25) is 0 Å². The van der Waals surface area contributed by atoms with Crippen LogP contribution in [-0.2, 0) is 6.42 Å². The van der Waals surface area contributed by atoms with E-state index in [1.54, 1.807) is 13.1 Å². The molecule has 0 bridgehead atoms. The molecule has 4 N–H and O–H groups in total. The van der Waals surface area contributed by atoms with Crippen LogP contribution in [0.4, 0.5) is 4.39 Å². The predicted molar refractivity (Wildman–Crippen MR) is 123 cm³/mol. The molecule has 0 radical (unpaired) electrons. The highest BCUT2D eigenvalue weighted by atomic mass is 127. The molecule has 0 fully saturated rings. The van der Waals surface area contributed by atoms with Crippen molar-refractivity contribution in [2.75, 3.05) is 26.7 Å². The summed E-state index contributed by atoms with van der Waals surface area (Å²) < 4.78 is 13.3. The minimum absolute atomic E-state index is 0. The summed E-state index contributed by atoms with van der Waals surface area (Å²) in [4.78, 5) is 7.34. The van der Waals surface area contributed by atoms with E-state index in [0.29, 0.717) is 19.0 Å². The average molecular weight is 496 g/mol. The van der Waals surface area contributed by atoms with Gasteiger partial charge in [-0.3, -0.25) is 4.99 Å². The van der Waals surface area contributed by atoms with E-state index in [-0.39, 0.29) is 42.3 Å². The monoisotopic (exact) mass is 496 g/mol. The first-order valence-corrected chi connectivity index (χ1v) is 9.07. The van der Waals surface area contributed by atoms with E-state index in [1.807, 2.05) is 36.5 Å². The predicted octanol–water partition coefficient (Wildman–Crippen LogP) is 3.41. The Morgan fingerprint density at radius 2 is 1.96 bits per heavy atom. The lowest BCUT2D eigenvalue weighted by atomic mass is 10.0. The van der Waals surface area contributed by atoms with Gasteiger partial charge in [0, 0.05) is 43.2 Å².